The molecule has 0 bridgehead atoms. The van der Waals surface area contributed by atoms with Crippen LogP contribution in [-0.2, 0) is 11.2 Å². The van der Waals surface area contributed by atoms with E-state index in [0.717, 1.165) is 69.2 Å². The summed E-state index contributed by atoms with van der Waals surface area (Å²) in [6.45, 7) is 4.70. The van der Waals surface area contributed by atoms with Crippen LogP contribution >= 0.6 is 12.4 Å². The number of nitrogens with zero attached hydrogens (tertiary/aromatic N) is 2. The van der Waals surface area contributed by atoms with E-state index in [0.29, 0.717) is 0 Å². The van der Waals surface area contributed by atoms with Crippen LogP contribution < -0.4 is 19.7 Å². The van der Waals surface area contributed by atoms with Crippen molar-refractivity contribution < 1.29 is 14.3 Å². The van der Waals surface area contributed by atoms with Gasteiger partial charge in [0.15, 0.2) is 0 Å². The van der Waals surface area contributed by atoms with Crippen LogP contribution in [0.2, 0.25) is 0 Å². The lowest BCUT2D eigenvalue weighted by Crippen LogP contribution is -2.53. The Hall–Kier alpha value is -2.44. The number of carbonyl (C=O) groups excluding carboxylic acids is 1. The predicted molar refractivity (Wildman–Crippen MR) is 144 cm³/mol. The summed E-state index contributed by atoms with van der Waals surface area (Å²) in [5, 5.41) is 3.43. The van der Waals surface area contributed by atoms with Crippen LogP contribution in [0.25, 0.3) is 0 Å². The maximum absolute atomic E-state index is 13.1. The fraction of sp³-hybridized carbons (Fsp3) is 0.536. The number of amides is 1. The fourth-order valence-electron chi connectivity index (χ4n) is 5.27. The molecule has 2 aliphatic rings. The number of ether oxygens (including phenoxy) is 2. The molecule has 1 atom stereocenters. The van der Waals surface area contributed by atoms with Gasteiger partial charge in [0, 0.05) is 44.7 Å². The minimum absolute atomic E-state index is 0. The lowest BCUT2D eigenvalue weighted by Gasteiger charge is -2.38. The number of nitrogens with one attached hydrogen (secondary N) is 1. The molecule has 1 amide bonds. The topological polar surface area (TPSA) is 54.0 Å². The van der Waals surface area contributed by atoms with Crippen molar-refractivity contribution in [3.05, 3.63) is 54.1 Å². The third kappa shape index (κ3) is 7.52. The van der Waals surface area contributed by atoms with Gasteiger partial charge >= 0.3 is 0 Å². The number of halogens is 1. The standard InChI is InChI=1S/C28H39N3O3.ClH/c1-33-25-14-12-22(13-15-25)20-24(29-28(32)23-8-4-3-5-9-23)21-30-16-18-31(19-17-30)26-10-6-7-11-27(26)34-2;/h6-7,10-15,23-24H,3-5,8-9,16-21H2,1-2H3,(H,29,32);1H. The number of benzene rings is 2. The first kappa shape index (κ1) is 27.2. The van der Waals surface area contributed by atoms with Crippen molar-refractivity contribution in [1.29, 1.82) is 0 Å². The van der Waals surface area contributed by atoms with Crippen molar-refractivity contribution in [2.75, 3.05) is 51.8 Å². The maximum Gasteiger partial charge on any atom is 0.223 e. The van der Waals surface area contributed by atoms with Gasteiger partial charge in [0.2, 0.25) is 5.91 Å². The number of piperazine rings is 1. The number of para-hydroxylation sites is 2. The Bertz CT molecular complexity index is 910. The summed E-state index contributed by atoms with van der Waals surface area (Å²) < 4.78 is 10.9. The molecule has 4 rings (SSSR count). The fourth-order valence-corrected chi connectivity index (χ4v) is 5.27. The van der Waals surface area contributed by atoms with Crippen molar-refractivity contribution in [1.82, 2.24) is 10.2 Å². The molecule has 35 heavy (non-hydrogen) atoms. The molecule has 192 valence electrons. The molecule has 2 fully saturated rings. The van der Waals surface area contributed by atoms with Gasteiger partial charge in [0.05, 0.1) is 19.9 Å². The lowest BCUT2D eigenvalue weighted by atomic mass is 9.88. The second-order valence-electron chi connectivity index (χ2n) is 9.55. The summed E-state index contributed by atoms with van der Waals surface area (Å²) in [4.78, 5) is 18.0. The summed E-state index contributed by atoms with van der Waals surface area (Å²) in [5.74, 6) is 2.20. The molecule has 2 aromatic carbocycles. The summed E-state index contributed by atoms with van der Waals surface area (Å²) in [5.41, 5.74) is 2.38. The molecule has 6 nitrogen and oxygen atoms in total. The van der Waals surface area contributed by atoms with E-state index >= 15 is 0 Å². The van der Waals surface area contributed by atoms with Gasteiger partial charge in [-0.05, 0) is 49.1 Å². The Morgan fingerprint density at radius 2 is 1.63 bits per heavy atom. The Kier molecular flexibility index (Phi) is 10.5. The van der Waals surface area contributed by atoms with Crippen LogP contribution in [0.15, 0.2) is 48.5 Å². The van der Waals surface area contributed by atoms with Gasteiger partial charge in [0.25, 0.3) is 0 Å². The average molecular weight is 502 g/mol. The van der Waals surface area contributed by atoms with Crippen LogP contribution in [-0.4, -0.2) is 63.8 Å². The zero-order chi connectivity index (χ0) is 23.8. The largest absolute Gasteiger partial charge is 0.497 e. The Morgan fingerprint density at radius 3 is 2.29 bits per heavy atom. The highest BCUT2D eigenvalue weighted by Gasteiger charge is 2.26. The molecule has 1 aliphatic heterocycles. The predicted octanol–water partition coefficient (Wildman–Crippen LogP) is 4.56. The van der Waals surface area contributed by atoms with Crippen molar-refractivity contribution in [2.45, 2.75) is 44.6 Å². The van der Waals surface area contributed by atoms with Gasteiger partial charge in [0.1, 0.15) is 11.5 Å². The number of anilines is 1. The van der Waals surface area contributed by atoms with E-state index in [1.165, 1.54) is 24.8 Å². The van der Waals surface area contributed by atoms with E-state index < -0.39 is 0 Å². The Labute approximate surface area is 216 Å². The molecule has 1 unspecified atom stereocenters. The Morgan fingerprint density at radius 1 is 0.943 bits per heavy atom. The lowest BCUT2D eigenvalue weighted by molar-refractivity contribution is -0.126. The molecular weight excluding hydrogens is 462 g/mol. The monoisotopic (exact) mass is 501 g/mol. The van der Waals surface area contributed by atoms with E-state index in [1.807, 2.05) is 24.3 Å². The molecular formula is C28H40ClN3O3. The van der Waals surface area contributed by atoms with Gasteiger partial charge in [-0.3, -0.25) is 9.69 Å². The molecule has 1 aliphatic carbocycles. The molecule has 1 N–H and O–H groups in total. The summed E-state index contributed by atoms with van der Waals surface area (Å²) in [7, 11) is 3.42. The van der Waals surface area contributed by atoms with Gasteiger partial charge in [-0.25, -0.2) is 0 Å². The minimum atomic E-state index is 0. The van der Waals surface area contributed by atoms with Gasteiger partial charge in [-0.15, -0.1) is 12.4 Å². The van der Waals surface area contributed by atoms with Gasteiger partial charge in [-0.2, -0.15) is 0 Å². The first-order chi connectivity index (χ1) is 16.7. The smallest absolute Gasteiger partial charge is 0.223 e. The van der Waals surface area contributed by atoms with E-state index in [9.17, 15) is 4.79 Å². The number of hydrogen-bond donors (Lipinski definition) is 1. The van der Waals surface area contributed by atoms with Crippen LogP contribution in [0.4, 0.5) is 5.69 Å². The van der Waals surface area contributed by atoms with E-state index in [4.69, 9.17) is 9.47 Å². The number of carbonyl (C=O) groups is 1. The summed E-state index contributed by atoms with van der Waals surface area (Å²) in [6.07, 6.45) is 6.49. The van der Waals surface area contributed by atoms with Gasteiger partial charge in [-0.1, -0.05) is 43.5 Å². The number of rotatable bonds is 9. The molecule has 2 aromatic rings. The highest BCUT2D eigenvalue weighted by Crippen LogP contribution is 2.28. The van der Waals surface area contributed by atoms with Crippen molar-refractivity contribution in [3.8, 4) is 11.5 Å². The molecule has 0 radical (unpaired) electrons. The van der Waals surface area contributed by atoms with Crippen LogP contribution in [0, 0.1) is 5.92 Å². The van der Waals surface area contributed by atoms with E-state index in [-0.39, 0.29) is 30.3 Å². The Balaban J connectivity index is 0.00000342. The van der Waals surface area contributed by atoms with Crippen molar-refractivity contribution >= 4 is 24.0 Å². The second-order valence-corrected chi connectivity index (χ2v) is 9.55. The SMILES string of the molecule is COc1ccc(CC(CN2CCN(c3ccccc3OC)CC2)NC(=O)C2CCCCC2)cc1.Cl. The highest BCUT2D eigenvalue weighted by molar-refractivity contribution is 5.85. The van der Waals surface area contributed by atoms with Crippen molar-refractivity contribution in [3.63, 3.8) is 0 Å². The molecule has 0 aromatic heterocycles. The maximum atomic E-state index is 13.1. The first-order valence-electron chi connectivity index (χ1n) is 12.7. The molecule has 1 heterocycles. The molecule has 0 spiro atoms. The zero-order valence-corrected chi connectivity index (χ0v) is 21.9. The number of methoxy groups -OCH3 is 2. The van der Waals surface area contributed by atoms with Crippen molar-refractivity contribution in [2.24, 2.45) is 5.92 Å². The molecule has 1 saturated heterocycles. The normalized spacial score (nSPS) is 17.8. The third-order valence-corrected chi connectivity index (χ3v) is 7.24. The van der Waals surface area contributed by atoms with Crippen LogP contribution in [0.3, 0.4) is 0 Å². The number of hydrogen-bond acceptors (Lipinski definition) is 5. The zero-order valence-electron chi connectivity index (χ0n) is 21.1. The quantitative estimate of drug-likeness (QED) is 0.546. The highest BCUT2D eigenvalue weighted by atomic mass is 35.5. The van der Waals surface area contributed by atoms with Crippen LogP contribution in [0.1, 0.15) is 37.7 Å². The van der Waals surface area contributed by atoms with Gasteiger partial charge < -0.3 is 19.7 Å². The average Bonchev–Trinajstić information content (AvgIpc) is 2.90. The first-order valence-corrected chi connectivity index (χ1v) is 12.7. The van der Waals surface area contributed by atoms with Crippen LogP contribution in [0.5, 0.6) is 11.5 Å². The molecule has 7 heteroatoms. The summed E-state index contributed by atoms with van der Waals surface area (Å²) in [6, 6.07) is 16.5. The second kappa shape index (κ2) is 13.6. The van der Waals surface area contributed by atoms with E-state index in [1.54, 1.807) is 14.2 Å². The summed E-state index contributed by atoms with van der Waals surface area (Å²) >= 11 is 0. The van der Waals surface area contributed by atoms with E-state index in [2.05, 4.69) is 39.4 Å². The molecule has 1 saturated carbocycles. The third-order valence-electron chi connectivity index (χ3n) is 7.24. The minimum Gasteiger partial charge on any atom is -0.497 e.